The molecule has 0 aliphatic heterocycles. The Labute approximate surface area is 122 Å². The van der Waals surface area contributed by atoms with E-state index in [4.69, 9.17) is 4.74 Å². The molecule has 0 aromatic heterocycles. The maximum Gasteiger partial charge on any atom is 0.419 e. The molecule has 0 heterocycles. The maximum absolute atomic E-state index is 13.7. The molecular formula is C15H21F4NO. The van der Waals surface area contributed by atoms with Gasteiger partial charge in [-0.3, -0.25) is 0 Å². The van der Waals surface area contributed by atoms with Gasteiger partial charge in [-0.15, -0.1) is 0 Å². The van der Waals surface area contributed by atoms with Crippen LogP contribution in [0.2, 0.25) is 0 Å². The number of hydrogen-bond acceptors (Lipinski definition) is 2. The van der Waals surface area contributed by atoms with E-state index in [1.165, 1.54) is 6.07 Å². The number of ether oxygens (including phenoxy) is 1. The number of benzene rings is 1. The van der Waals surface area contributed by atoms with E-state index in [1.807, 2.05) is 20.8 Å². The van der Waals surface area contributed by atoms with Gasteiger partial charge in [0.05, 0.1) is 11.2 Å². The third-order valence-electron chi connectivity index (χ3n) is 3.40. The third kappa shape index (κ3) is 4.97. The Balaban J connectivity index is 3.07. The van der Waals surface area contributed by atoms with Crippen LogP contribution < -0.4 is 5.32 Å². The first kappa shape index (κ1) is 17.9. The molecule has 1 aromatic rings. The average molecular weight is 307 g/mol. The molecule has 0 fully saturated rings. The van der Waals surface area contributed by atoms with Crippen molar-refractivity contribution in [3.8, 4) is 0 Å². The van der Waals surface area contributed by atoms with Gasteiger partial charge in [-0.2, -0.15) is 13.2 Å². The molecule has 1 rings (SSSR count). The van der Waals surface area contributed by atoms with Crippen LogP contribution in [0.15, 0.2) is 18.2 Å². The van der Waals surface area contributed by atoms with Crippen molar-refractivity contribution in [2.24, 2.45) is 0 Å². The van der Waals surface area contributed by atoms with Crippen molar-refractivity contribution in [3.63, 3.8) is 0 Å². The van der Waals surface area contributed by atoms with Crippen molar-refractivity contribution in [3.05, 3.63) is 35.1 Å². The van der Waals surface area contributed by atoms with Gasteiger partial charge in [0.1, 0.15) is 5.82 Å². The first-order valence-corrected chi connectivity index (χ1v) is 6.76. The molecule has 0 bridgehead atoms. The van der Waals surface area contributed by atoms with Crippen molar-refractivity contribution in [2.45, 2.75) is 45.0 Å². The quantitative estimate of drug-likeness (QED) is 0.791. The summed E-state index contributed by atoms with van der Waals surface area (Å²) >= 11 is 0. The molecule has 0 spiro atoms. The molecule has 0 aliphatic rings. The summed E-state index contributed by atoms with van der Waals surface area (Å²) in [5.74, 6) is -1.25. The lowest BCUT2D eigenvalue weighted by molar-refractivity contribution is -0.140. The van der Waals surface area contributed by atoms with E-state index in [-0.39, 0.29) is 6.04 Å². The van der Waals surface area contributed by atoms with Gasteiger partial charge in [0, 0.05) is 13.2 Å². The Bertz CT molecular complexity index is 471. The molecule has 1 atom stereocenters. The Morgan fingerprint density at radius 2 is 1.86 bits per heavy atom. The third-order valence-corrected chi connectivity index (χ3v) is 3.40. The number of methoxy groups -OCH3 is 1. The largest absolute Gasteiger partial charge is 0.419 e. The number of hydrogen-bond donors (Lipinski definition) is 1. The summed E-state index contributed by atoms with van der Waals surface area (Å²) < 4.78 is 56.8. The van der Waals surface area contributed by atoms with E-state index in [2.05, 4.69) is 5.32 Å². The summed E-state index contributed by atoms with van der Waals surface area (Å²) in [7, 11) is 1.57. The fourth-order valence-electron chi connectivity index (χ4n) is 2.11. The van der Waals surface area contributed by atoms with E-state index in [0.29, 0.717) is 18.5 Å². The lowest BCUT2D eigenvalue weighted by Crippen LogP contribution is -2.32. The van der Waals surface area contributed by atoms with Gasteiger partial charge in [0.15, 0.2) is 0 Å². The number of nitrogens with one attached hydrogen (secondary N) is 1. The highest BCUT2D eigenvalue weighted by atomic mass is 19.4. The summed E-state index contributed by atoms with van der Waals surface area (Å²) in [5, 5.41) is 3.15. The fourth-order valence-corrected chi connectivity index (χ4v) is 2.11. The minimum atomic E-state index is -4.68. The second kappa shape index (κ2) is 6.75. The topological polar surface area (TPSA) is 21.3 Å². The summed E-state index contributed by atoms with van der Waals surface area (Å²) in [6.07, 6.45) is -4.16. The van der Waals surface area contributed by atoms with Crippen molar-refractivity contribution in [1.29, 1.82) is 0 Å². The zero-order valence-corrected chi connectivity index (χ0v) is 12.6. The molecule has 6 heteroatoms. The van der Waals surface area contributed by atoms with E-state index in [9.17, 15) is 17.6 Å². The molecule has 1 N–H and O–H groups in total. The number of alkyl halides is 3. The zero-order chi connectivity index (χ0) is 16.3. The zero-order valence-electron chi connectivity index (χ0n) is 12.6. The van der Waals surface area contributed by atoms with Gasteiger partial charge in [0.2, 0.25) is 0 Å². The minimum Gasteiger partial charge on any atom is -0.379 e. The molecule has 2 nitrogen and oxygen atoms in total. The van der Waals surface area contributed by atoms with Crippen LogP contribution in [0.4, 0.5) is 17.6 Å². The molecule has 1 unspecified atom stereocenters. The van der Waals surface area contributed by atoms with E-state index in [1.54, 1.807) is 7.11 Å². The Morgan fingerprint density at radius 1 is 1.24 bits per heavy atom. The van der Waals surface area contributed by atoms with Crippen LogP contribution in [0, 0.1) is 5.82 Å². The van der Waals surface area contributed by atoms with Crippen LogP contribution in [-0.4, -0.2) is 19.3 Å². The highest BCUT2D eigenvalue weighted by molar-refractivity contribution is 5.28. The normalized spacial score (nSPS) is 14.3. The van der Waals surface area contributed by atoms with Crippen LogP contribution in [0.25, 0.3) is 0 Å². The Morgan fingerprint density at radius 3 is 2.29 bits per heavy atom. The van der Waals surface area contributed by atoms with Gasteiger partial charge < -0.3 is 10.1 Å². The van der Waals surface area contributed by atoms with Crippen molar-refractivity contribution in [1.82, 2.24) is 5.32 Å². The summed E-state index contributed by atoms with van der Waals surface area (Å²) in [4.78, 5) is 0. The first-order valence-electron chi connectivity index (χ1n) is 6.76. The van der Waals surface area contributed by atoms with Gasteiger partial charge >= 0.3 is 6.18 Å². The predicted molar refractivity (Wildman–Crippen MR) is 73.5 cm³/mol. The Hall–Kier alpha value is -1.14. The maximum atomic E-state index is 13.7. The molecule has 0 radical (unpaired) electrons. The molecular weight excluding hydrogens is 286 g/mol. The van der Waals surface area contributed by atoms with Gasteiger partial charge in [-0.25, -0.2) is 4.39 Å². The number of rotatable bonds is 6. The van der Waals surface area contributed by atoms with Crippen molar-refractivity contribution >= 4 is 0 Å². The summed E-state index contributed by atoms with van der Waals surface area (Å²) in [5.41, 5.74) is -1.23. The van der Waals surface area contributed by atoms with Crippen LogP contribution in [0.5, 0.6) is 0 Å². The van der Waals surface area contributed by atoms with Crippen LogP contribution in [0.1, 0.15) is 44.4 Å². The first-order chi connectivity index (χ1) is 9.60. The van der Waals surface area contributed by atoms with Gasteiger partial charge in [-0.05, 0) is 44.5 Å². The lowest BCUT2D eigenvalue weighted by atomic mass is 9.93. The van der Waals surface area contributed by atoms with Crippen LogP contribution >= 0.6 is 0 Å². The van der Waals surface area contributed by atoms with Gasteiger partial charge in [-0.1, -0.05) is 13.0 Å². The highest BCUT2D eigenvalue weighted by Gasteiger charge is 2.34. The lowest BCUT2D eigenvalue weighted by Gasteiger charge is -2.29. The average Bonchev–Trinajstić information content (AvgIpc) is 2.36. The molecule has 1 aromatic carbocycles. The molecule has 21 heavy (non-hydrogen) atoms. The molecule has 0 saturated carbocycles. The van der Waals surface area contributed by atoms with E-state index < -0.39 is 23.2 Å². The standard InChI is InChI=1S/C15H21F4NO/c1-5-20-13(9-14(2,3)21-4)10-6-7-11(12(16)8-10)15(17,18)19/h6-8,13,20H,5,9H2,1-4H3. The monoisotopic (exact) mass is 307 g/mol. The summed E-state index contributed by atoms with van der Waals surface area (Å²) in [6, 6.07) is 2.77. The summed E-state index contributed by atoms with van der Waals surface area (Å²) in [6.45, 7) is 6.25. The van der Waals surface area contributed by atoms with Crippen molar-refractivity contribution in [2.75, 3.05) is 13.7 Å². The molecule has 0 saturated heterocycles. The predicted octanol–water partition coefficient (Wildman–Crippen LogP) is 4.31. The Kier molecular flexibility index (Phi) is 5.75. The van der Waals surface area contributed by atoms with Crippen LogP contribution in [-0.2, 0) is 10.9 Å². The molecule has 0 amide bonds. The van der Waals surface area contributed by atoms with E-state index in [0.717, 1.165) is 12.1 Å². The fraction of sp³-hybridized carbons (Fsp3) is 0.600. The second-order valence-corrected chi connectivity index (χ2v) is 5.52. The second-order valence-electron chi connectivity index (χ2n) is 5.52. The van der Waals surface area contributed by atoms with E-state index >= 15 is 0 Å². The number of halogens is 4. The minimum absolute atomic E-state index is 0.276. The highest BCUT2D eigenvalue weighted by Crippen LogP contribution is 2.33. The van der Waals surface area contributed by atoms with Crippen molar-refractivity contribution < 1.29 is 22.3 Å². The molecule has 0 aliphatic carbocycles. The smallest absolute Gasteiger partial charge is 0.379 e. The van der Waals surface area contributed by atoms with Gasteiger partial charge in [0.25, 0.3) is 0 Å². The SMILES string of the molecule is CCNC(CC(C)(C)OC)c1ccc(C(F)(F)F)c(F)c1. The van der Waals surface area contributed by atoms with Crippen LogP contribution in [0.3, 0.4) is 0 Å². The molecule has 120 valence electrons.